The molecule has 32 heavy (non-hydrogen) atoms. The summed E-state index contributed by atoms with van der Waals surface area (Å²) in [6, 6.07) is 0. The zero-order valence-corrected chi connectivity index (χ0v) is 21.6. The van der Waals surface area contributed by atoms with E-state index in [9.17, 15) is 4.79 Å². The molecule has 1 aromatic rings. The van der Waals surface area contributed by atoms with Crippen LogP contribution in [-0.4, -0.2) is 17.6 Å². The summed E-state index contributed by atoms with van der Waals surface area (Å²) in [6.07, 6.45) is 7.47. The molecule has 4 nitrogen and oxygen atoms in total. The van der Waals surface area contributed by atoms with Crippen LogP contribution in [-0.2, 0) is 11.2 Å². The smallest absolute Gasteiger partial charge is 0.298 e. The Morgan fingerprint density at radius 1 is 1.22 bits per heavy atom. The molecule has 3 rings (SSSR count). The number of carbonyl (C=O) groups is 1. The number of nitrogens with two attached hydrogens (primary N) is 1. The van der Waals surface area contributed by atoms with Crippen LogP contribution in [0, 0.1) is 38.0 Å². The molecule has 2 aliphatic rings. The van der Waals surface area contributed by atoms with Crippen molar-refractivity contribution < 1.29 is 14.3 Å². The van der Waals surface area contributed by atoms with Gasteiger partial charge < -0.3 is 15.2 Å². The lowest BCUT2D eigenvalue weighted by Gasteiger charge is -2.45. The molecular formula is C28H43NO3. The third kappa shape index (κ3) is 4.23. The fourth-order valence-corrected chi connectivity index (χ4v) is 6.14. The van der Waals surface area contributed by atoms with Crippen molar-refractivity contribution in [1.29, 1.82) is 0 Å². The molecular weight excluding hydrogens is 398 g/mol. The van der Waals surface area contributed by atoms with Crippen LogP contribution in [0.3, 0.4) is 0 Å². The summed E-state index contributed by atoms with van der Waals surface area (Å²) in [5.74, 6) is 2.47. The van der Waals surface area contributed by atoms with Crippen molar-refractivity contribution in [3.63, 3.8) is 0 Å². The van der Waals surface area contributed by atoms with Crippen molar-refractivity contribution in [2.75, 3.05) is 0 Å². The molecule has 1 aliphatic heterocycles. The summed E-state index contributed by atoms with van der Waals surface area (Å²) < 4.78 is 12.1. The second kappa shape index (κ2) is 8.52. The zero-order chi connectivity index (χ0) is 24.1. The molecule has 0 spiro atoms. The monoisotopic (exact) mass is 441 g/mol. The third-order valence-corrected chi connectivity index (χ3v) is 8.98. The van der Waals surface area contributed by atoms with E-state index >= 15 is 0 Å². The van der Waals surface area contributed by atoms with Gasteiger partial charge in [0.05, 0.1) is 0 Å². The van der Waals surface area contributed by atoms with Gasteiger partial charge >= 0.3 is 0 Å². The van der Waals surface area contributed by atoms with Gasteiger partial charge in [-0.3, -0.25) is 4.79 Å². The largest absolute Gasteiger partial charge is 0.487 e. The summed E-state index contributed by atoms with van der Waals surface area (Å²) in [6.45, 7) is 20.3. The summed E-state index contributed by atoms with van der Waals surface area (Å²) in [7, 11) is 0. The molecule has 1 aliphatic carbocycles. The number of ether oxygens (including phenoxy) is 2. The molecule has 1 heterocycles. The molecule has 0 saturated carbocycles. The lowest BCUT2D eigenvalue weighted by molar-refractivity contribution is -0.120. The molecule has 0 bridgehead atoms. The van der Waals surface area contributed by atoms with E-state index in [0.717, 1.165) is 54.5 Å². The predicted octanol–water partition coefficient (Wildman–Crippen LogP) is 6.36. The number of hydrogen-bond acceptors (Lipinski definition) is 4. The Hall–Kier alpha value is -1.81. The van der Waals surface area contributed by atoms with E-state index in [-0.39, 0.29) is 16.6 Å². The van der Waals surface area contributed by atoms with E-state index < -0.39 is 0 Å². The molecule has 5 atom stereocenters. The average molecular weight is 442 g/mol. The minimum absolute atomic E-state index is 0.136. The number of benzene rings is 1. The Labute approximate surface area is 194 Å². The molecule has 5 unspecified atom stereocenters. The summed E-state index contributed by atoms with van der Waals surface area (Å²) >= 11 is 0. The van der Waals surface area contributed by atoms with Gasteiger partial charge in [0.1, 0.15) is 17.1 Å². The first-order chi connectivity index (χ1) is 14.8. The van der Waals surface area contributed by atoms with E-state index in [1.807, 2.05) is 13.8 Å². The maximum absolute atomic E-state index is 11.0. The molecule has 0 aromatic heterocycles. The highest BCUT2D eigenvalue weighted by atomic mass is 16.5. The average Bonchev–Trinajstić information content (AvgIpc) is 2.91. The van der Waals surface area contributed by atoms with Gasteiger partial charge in [-0.05, 0) is 101 Å². The van der Waals surface area contributed by atoms with E-state index in [4.69, 9.17) is 15.2 Å². The zero-order valence-electron chi connectivity index (χ0n) is 21.6. The highest BCUT2D eigenvalue weighted by Crippen LogP contribution is 2.50. The molecule has 0 saturated heterocycles. The molecule has 178 valence electrons. The molecule has 1 aromatic carbocycles. The standard InChI is InChI=1S/C28H43NO3/c1-10-26(7,14-22-13-17(2)21(6)28(22,9)29)15-27(8)12-11-23-20(5)24(31-16-30)18(3)19(4)25(23)32-27/h13,16,21-22H,10-12,14-15,29H2,1-9H3. The SMILES string of the molecule is CCC(C)(CC1C=C(C)C(C)C1(C)N)CC1(C)CCc2c(C)c(OC=O)c(C)c(C)c2O1. The fourth-order valence-electron chi connectivity index (χ4n) is 6.14. The van der Waals surface area contributed by atoms with Crippen LogP contribution < -0.4 is 15.2 Å². The Balaban J connectivity index is 1.88. The van der Waals surface area contributed by atoms with Gasteiger partial charge in [0.15, 0.2) is 0 Å². The van der Waals surface area contributed by atoms with Gasteiger partial charge in [0.2, 0.25) is 0 Å². The first-order valence-electron chi connectivity index (χ1n) is 12.2. The van der Waals surface area contributed by atoms with E-state index in [1.54, 1.807) is 0 Å². The molecule has 0 fully saturated rings. The van der Waals surface area contributed by atoms with Gasteiger partial charge in [0, 0.05) is 11.1 Å². The minimum Gasteiger partial charge on any atom is -0.487 e. The van der Waals surface area contributed by atoms with Crippen LogP contribution in [0.1, 0.15) is 89.5 Å². The van der Waals surface area contributed by atoms with Crippen LogP contribution in [0.2, 0.25) is 0 Å². The summed E-state index contributed by atoms with van der Waals surface area (Å²) in [4.78, 5) is 11.0. The first-order valence-corrected chi connectivity index (χ1v) is 12.2. The predicted molar refractivity (Wildman–Crippen MR) is 131 cm³/mol. The highest BCUT2D eigenvalue weighted by molar-refractivity contribution is 5.62. The highest BCUT2D eigenvalue weighted by Gasteiger charge is 2.46. The van der Waals surface area contributed by atoms with Crippen LogP contribution in [0.5, 0.6) is 11.5 Å². The third-order valence-electron chi connectivity index (χ3n) is 8.98. The fraction of sp³-hybridized carbons (Fsp3) is 0.679. The number of fused-ring (bicyclic) bond motifs is 1. The Morgan fingerprint density at radius 3 is 2.41 bits per heavy atom. The van der Waals surface area contributed by atoms with Crippen LogP contribution in [0.4, 0.5) is 0 Å². The molecule has 2 N–H and O–H groups in total. The second-order valence-corrected chi connectivity index (χ2v) is 11.4. The number of carbonyl (C=O) groups excluding carboxylic acids is 1. The van der Waals surface area contributed by atoms with Crippen molar-refractivity contribution in [2.45, 2.75) is 106 Å². The normalized spacial score (nSPS) is 31.4. The summed E-state index contributed by atoms with van der Waals surface area (Å²) in [5.41, 5.74) is 12.2. The van der Waals surface area contributed by atoms with Crippen LogP contribution >= 0.6 is 0 Å². The van der Waals surface area contributed by atoms with Crippen molar-refractivity contribution >= 4 is 6.47 Å². The number of hydrogen-bond donors (Lipinski definition) is 1. The Morgan fingerprint density at radius 2 is 1.88 bits per heavy atom. The quantitative estimate of drug-likeness (QED) is 0.395. The maximum atomic E-state index is 11.0. The van der Waals surface area contributed by atoms with Crippen LogP contribution in [0.15, 0.2) is 11.6 Å². The van der Waals surface area contributed by atoms with Gasteiger partial charge in [-0.1, -0.05) is 38.8 Å². The maximum Gasteiger partial charge on any atom is 0.298 e. The van der Waals surface area contributed by atoms with E-state index in [2.05, 4.69) is 54.5 Å². The number of rotatable bonds is 7. The molecule has 0 amide bonds. The molecule has 4 heteroatoms. The van der Waals surface area contributed by atoms with Gasteiger partial charge in [-0.2, -0.15) is 0 Å². The first kappa shape index (κ1) is 24.8. The van der Waals surface area contributed by atoms with Gasteiger partial charge in [-0.15, -0.1) is 0 Å². The van der Waals surface area contributed by atoms with Gasteiger partial charge in [-0.25, -0.2) is 0 Å². The lowest BCUT2D eigenvalue weighted by Crippen LogP contribution is -2.48. The Bertz CT molecular complexity index is 931. The summed E-state index contributed by atoms with van der Waals surface area (Å²) in [5, 5.41) is 0. The molecule has 0 radical (unpaired) electrons. The van der Waals surface area contributed by atoms with E-state index in [0.29, 0.717) is 24.1 Å². The van der Waals surface area contributed by atoms with Crippen LogP contribution in [0.25, 0.3) is 0 Å². The van der Waals surface area contributed by atoms with E-state index in [1.165, 1.54) is 11.1 Å². The topological polar surface area (TPSA) is 61.5 Å². The van der Waals surface area contributed by atoms with Gasteiger partial charge in [0.25, 0.3) is 6.47 Å². The van der Waals surface area contributed by atoms with Crippen molar-refractivity contribution in [2.24, 2.45) is 23.0 Å². The van der Waals surface area contributed by atoms with Crippen molar-refractivity contribution in [1.82, 2.24) is 0 Å². The van der Waals surface area contributed by atoms with Crippen molar-refractivity contribution in [3.05, 3.63) is 33.9 Å². The van der Waals surface area contributed by atoms with Crippen molar-refractivity contribution in [3.8, 4) is 11.5 Å². The second-order valence-electron chi connectivity index (χ2n) is 11.4. The minimum atomic E-state index is -0.234. The Kier molecular flexibility index (Phi) is 6.61. The lowest BCUT2D eigenvalue weighted by atomic mass is 9.67.